The van der Waals surface area contributed by atoms with Crippen molar-refractivity contribution in [3.63, 3.8) is 0 Å². The van der Waals surface area contributed by atoms with Crippen molar-refractivity contribution >= 4 is 5.69 Å². The van der Waals surface area contributed by atoms with E-state index in [9.17, 15) is 5.11 Å². The SMILES string of the molecule is CC(C)CNCc1ccc(N2CCC(C)(O)CC2)cc1. The maximum atomic E-state index is 9.99. The molecule has 0 amide bonds. The van der Waals surface area contributed by atoms with Gasteiger partial charge in [-0.05, 0) is 49.9 Å². The molecule has 1 aromatic carbocycles. The Morgan fingerprint density at radius 2 is 1.80 bits per heavy atom. The van der Waals surface area contributed by atoms with Crippen LogP contribution in [0.5, 0.6) is 0 Å². The zero-order valence-corrected chi connectivity index (χ0v) is 13.0. The maximum absolute atomic E-state index is 9.99. The van der Waals surface area contributed by atoms with Gasteiger partial charge < -0.3 is 15.3 Å². The molecule has 1 aliphatic rings. The van der Waals surface area contributed by atoms with Gasteiger partial charge in [-0.1, -0.05) is 26.0 Å². The van der Waals surface area contributed by atoms with Crippen LogP contribution in [0.2, 0.25) is 0 Å². The summed E-state index contributed by atoms with van der Waals surface area (Å²) in [4.78, 5) is 2.36. The first kappa shape index (κ1) is 15.3. The molecule has 0 atom stereocenters. The van der Waals surface area contributed by atoms with Gasteiger partial charge in [0, 0.05) is 25.3 Å². The normalized spacial score (nSPS) is 18.6. The third kappa shape index (κ3) is 4.50. The van der Waals surface area contributed by atoms with Crippen molar-refractivity contribution in [2.45, 2.75) is 45.8 Å². The van der Waals surface area contributed by atoms with Crippen LogP contribution in [0, 0.1) is 5.92 Å². The Bertz CT molecular complexity index is 402. The molecular weight excluding hydrogens is 248 g/mol. The van der Waals surface area contributed by atoms with Gasteiger partial charge in [0.25, 0.3) is 0 Å². The maximum Gasteiger partial charge on any atom is 0.0653 e. The van der Waals surface area contributed by atoms with Crippen molar-refractivity contribution in [3.05, 3.63) is 29.8 Å². The van der Waals surface area contributed by atoms with Gasteiger partial charge in [-0.2, -0.15) is 0 Å². The standard InChI is InChI=1S/C17H28N2O/c1-14(2)12-18-13-15-4-6-16(7-5-15)19-10-8-17(3,20)9-11-19/h4-7,14,18,20H,8-13H2,1-3H3. The molecular formula is C17H28N2O. The van der Waals surface area contributed by atoms with Gasteiger partial charge in [0.2, 0.25) is 0 Å². The highest BCUT2D eigenvalue weighted by molar-refractivity contribution is 5.48. The van der Waals surface area contributed by atoms with Crippen LogP contribution >= 0.6 is 0 Å². The number of nitrogens with one attached hydrogen (secondary N) is 1. The Morgan fingerprint density at radius 3 is 2.35 bits per heavy atom. The fourth-order valence-corrected chi connectivity index (χ4v) is 2.58. The first-order valence-electron chi connectivity index (χ1n) is 7.73. The fraction of sp³-hybridized carbons (Fsp3) is 0.647. The van der Waals surface area contributed by atoms with E-state index in [-0.39, 0.29) is 0 Å². The summed E-state index contributed by atoms with van der Waals surface area (Å²) in [6.07, 6.45) is 1.70. The van der Waals surface area contributed by atoms with Gasteiger partial charge in [-0.15, -0.1) is 0 Å². The molecule has 2 rings (SSSR count). The van der Waals surface area contributed by atoms with Gasteiger partial charge in [0.1, 0.15) is 0 Å². The third-order valence-corrected chi connectivity index (χ3v) is 4.02. The van der Waals surface area contributed by atoms with E-state index in [1.165, 1.54) is 11.3 Å². The zero-order chi connectivity index (χ0) is 14.6. The number of benzene rings is 1. The van der Waals surface area contributed by atoms with Crippen molar-refractivity contribution in [1.82, 2.24) is 5.32 Å². The third-order valence-electron chi connectivity index (χ3n) is 4.02. The van der Waals surface area contributed by atoms with Gasteiger partial charge >= 0.3 is 0 Å². The second-order valence-electron chi connectivity index (χ2n) is 6.68. The second-order valence-corrected chi connectivity index (χ2v) is 6.68. The first-order chi connectivity index (χ1) is 9.46. The summed E-state index contributed by atoms with van der Waals surface area (Å²) in [6.45, 7) is 10.3. The number of rotatable bonds is 5. The van der Waals surface area contributed by atoms with Crippen molar-refractivity contribution in [2.24, 2.45) is 5.92 Å². The van der Waals surface area contributed by atoms with E-state index in [1.54, 1.807) is 0 Å². The number of aliphatic hydroxyl groups is 1. The predicted octanol–water partition coefficient (Wildman–Crippen LogP) is 2.78. The molecule has 0 radical (unpaired) electrons. The van der Waals surface area contributed by atoms with Crippen LogP contribution < -0.4 is 10.2 Å². The van der Waals surface area contributed by atoms with Crippen LogP contribution in [-0.4, -0.2) is 30.3 Å². The molecule has 3 heteroatoms. The minimum Gasteiger partial charge on any atom is -0.390 e. The summed E-state index contributed by atoms with van der Waals surface area (Å²) in [5, 5.41) is 13.5. The summed E-state index contributed by atoms with van der Waals surface area (Å²) >= 11 is 0. The van der Waals surface area contributed by atoms with E-state index in [4.69, 9.17) is 0 Å². The van der Waals surface area contributed by atoms with Crippen LogP contribution in [0.3, 0.4) is 0 Å². The quantitative estimate of drug-likeness (QED) is 0.868. The highest BCUT2D eigenvalue weighted by atomic mass is 16.3. The van der Waals surface area contributed by atoms with E-state index >= 15 is 0 Å². The van der Waals surface area contributed by atoms with Crippen molar-refractivity contribution in [2.75, 3.05) is 24.5 Å². The van der Waals surface area contributed by atoms with Gasteiger partial charge in [0.15, 0.2) is 0 Å². The minimum absolute atomic E-state index is 0.475. The topological polar surface area (TPSA) is 35.5 Å². The summed E-state index contributed by atoms with van der Waals surface area (Å²) < 4.78 is 0. The molecule has 1 aromatic rings. The van der Waals surface area contributed by atoms with E-state index in [1.807, 2.05) is 6.92 Å². The fourth-order valence-electron chi connectivity index (χ4n) is 2.58. The molecule has 0 spiro atoms. The van der Waals surface area contributed by atoms with Crippen LogP contribution in [0.25, 0.3) is 0 Å². The molecule has 1 heterocycles. The largest absolute Gasteiger partial charge is 0.390 e. The van der Waals surface area contributed by atoms with E-state index in [0.717, 1.165) is 39.0 Å². The average Bonchev–Trinajstić information content (AvgIpc) is 2.39. The molecule has 0 saturated carbocycles. The van der Waals surface area contributed by atoms with Gasteiger partial charge in [-0.25, -0.2) is 0 Å². The molecule has 1 aliphatic heterocycles. The smallest absolute Gasteiger partial charge is 0.0653 e. The van der Waals surface area contributed by atoms with Gasteiger partial charge in [0.05, 0.1) is 5.60 Å². The Labute approximate surface area is 123 Å². The summed E-state index contributed by atoms with van der Waals surface area (Å²) in [6, 6.07) is 8.81. The molecule has 0 aliphatic carbocycles. The van der Waals surface area contributed by atoms with E-state index < -0.39 is 5.60 Å². The molecule has 1 saturated heterocycles. The number of piperidine rings is 1. The molecule has 112 valence electrons. The van der Waals surface area contributed by atoms with E-state index in [0.29, 0.717) is 5.92 Å². The molecule has 0 aromatic heterocycles. The lowest BCUT2D eigenvalue weighted by Crippen LogP contribution is -2.42. The van der Waals surface area contributed by atoms with Crippen LogP contribution in [0.1, 0.15) is 39.2 Å². The lowest BCUT2D eigenvalue weighted by molar-refractivity contribution is 0.0351. The Hall–Kier alpha value is -1.06. The Morgan fingerprint density at radius 1 is 1.20 bits per heavy atom. The highest BCUT2D eigenvalue weighted by Gasteiger charge is 2.27. The van der Waals surface area contributed by atoms with Crippen LogP contribution in [0.15, 0.2) is 24.3 Å². The first-order valence-corrected chi connectivity index (χ1v) is 7.73. The Balaban J connectivity index is 1.85. The van der Waals surface area contributed by atoms with Crippen molar-refractivity contribution in [3.8, 4) is 0 Å². The number of anilines is 1. The number of hydrogen-bond acceptors (Lipinski definition) is 3. The lowest BCUT2D eigenvalue weighted by atomic mass is 9.93. The Kier molecular flexibility index (Phi) is 5.06. The summed E-state index contributed by atoms with van der Waals surface area (Å²) in [5.41, 5.74) is 2.13. The summed E-state index contributed by atoms with van der Waals surface area (Å²) in [7, 11) is 0. The van der Waals surface area contributed by atoms with E-state index in [2.05, 4.69) is 48.3 Å². The molecule has 20 heavy (non-hydrogen) atoms. The average molecular weight is 276 g/mol. The van der Waals surface area contributed by atoms with Crippen LogP contribution in [0.4, 0.5) is 5.69 Å². The van der Waals surface area contributed by atoms with Gasteiger partial charge in [-0.3, -0.25) is 0 Å². The zero-order valence-electron chi connectivity index (χ0n) is 13.0. The number of nitrogens with zero attached hydrogens (tertiary/aromatic N) is 1. The van der Waals surface area contributed by atoms with Crippen molar-refractivity contribution in [1.29, 1.82) is 0 Å². The highest BCUT2D eigenvalue weighted by Crippen LogP contribution is 2.25. The molecule has 2 N–H and O–H groups in total. The predicted molar refractivity (Wildman–Crippen MR) is 85.1 cm³/mol. The molecule has 1 fully saturated rings. The second kappa shape index (κ2) is 6.59. The van der Waals surface area contributed by atoms with Crippen LogP contribution in [-0.2, 0) is 6.54 Å². The summed E-state index contributed by atoms with van der Waals surface area (Å²) in [5.74, 6) is 0.690. The molecule has 0 unspecified atom stereocenters. The monoisotopic (exact) mass is 276 g/mol. The van der Waals surface area contributed by atoms with Crippen molar-refractivity contribution < 1.29 is 5.11 Å². The minimum atomic E-state index is -0.475. The number of hydrogen-bond donors (Lipinski definition) is 2. The molecule has 0 bridgehead atoms. The molecule has 3 nitrogen and oxygen atoms in total. The lowest BCUT2D eigenvalue weighted by Gasteiger charge is -2.37.